The number of ketones is 1. The van der Waals surface area contributed by atoms with E-state index in [0.29, 0.717) is 44.0 Å². The predicted octanol–water partition coefficient (Wildman–Crippen LogP) is 1.62. The summed E-state index contributed by atoms with van der Waals surface area (Å²) in [5.74, 6) is -1.34. The van der Waals surface area contributed by atoms with Gasteiger partial charge in [0.15, 0.2) is 5.78 Å². The van der Waals surface area contributed by atoms with E-state index in [1.165, 1.54) is 13.0 Å². The predicted molar refractivity (Wildman–Crippen MR) is 77.3 cm³/mol. The second-order valence-electron chi connectivity index (χ2n) is 5.19. The van der Waals surface area contributed by atoms with Gasteiger partial charge in [0.1, 0.15) is 5.82 Å². The Bertz CT molecular complexity index is 540. The van der Waals surface area contributed by atoms with Crippen molar-refractivity contribution < 1.29 is 19.1 Å². The number of aliphatic carboxylic acids is 1. The average Bonchev–Trinajstić information content (AvgIpc) is 2.45. The van der Waals surface area contributed by atoms with E-state index in [-0.39, 0.29) is 18.0 Å². The van der Waals surface area contributed by atoms with Crippen LogP contribution in [0.1, 0.15) is 23.7 Å². The molecule has 0 bridgehead atoms. The Kier molecular flexibility index (Phi) is 4.90. The third kappa shape index (κ3) is 4.01. The summed E-state index contributed by atoms with van der Waals surface area (Å²) < 4.78 is 14.1. The van der Waals surface area contributed by atoms with Gasteiger partial charge in [-0.05, 0) is 25.1 Å². The first kappa shape index (κ1) is 15.4. The molecule has 2 rings (SSSR count). The van der Waals surface area contributed by atoms with Gasteiger partial charge in [0.2, 0.25) is 0 Å². The van der Waals surface area contributed by atoms with Gasteiger partial charge in [-0.25, -0.2) is 4.39 Å². The third-order valence-electron chi connectivity index (χ3n) is 3.71. The quantitative estimate of drug-likeness (QED) is 0.836. The van der Waals surface area contributed by atoms with Crippen molar-refractivity contribution in [3.05, 3.63) is 29.6 Å². The number of Topliss-reactive ketones (excluding diaryl/α,β-unsaturated/α-hetero) is 1. The second-order valence-corrected chi connectivity index (χ2v) is 5.19. The van der Waals surface area contributed by atoms with E-state index in [2.05, 4.69) is 4.90 Å². The molecule has 21 heavy (non-hydrogen) atoms. The van der Waals surface area contributed by atoms with Crippen molar-refractivity contribution in [2.45, 2.75) is 13.3 Å². The fraction of sp³-hybridized carbons (Fsp3) is 0.467. The molecule has 0 aliphatic carbocycles. The molecule has 5 nitrogen and oxygen atoms in total. The number of carbonyl (C=O) groups is 2. The molecule has 1 aromatic carbocycles. The van der Waals surface area contributed by atoms with Gasteiger partial charge in [0.25, 0.3) is 0 Å². The van der Waals surface area contributed by atoms with Crippen LogP contribution in [0.4, 0.5) is 10.1 Å². The lowest BCUT2D eigenvalue weighted by molar-refractivity contribution is -0.137. The van der Waals surface area contributed by atoms with Gasteiger partial charge in [0.05, 0.1) is 12.1 Å². The molecule has 0 unspecified atom stereocenters. The van der Waals surface area contributed by atoms with Crippen LogP contribution in [0.3, 0.4) is 0 Å². The smallest absolute Gasteiger partial charge is 0.304 e. The van der Waals surface area contributed by atoms with Crippen LogP contribution in [-0.2, 0) is 4.79 Å². The van der Waals surface area contributed by atoms with Gasteiger partial charge < -0.3 is 10.0 Å². The Morgan fingerprint density at radius 3 is 2.43 bits per heavy atom. The maximum absolute atomic E-state index is 14.1. The van der Waals surface area contributed by atoms with Crippen molar-refractivity contribution in [2.24, 2.45) is 0 Å². The summed E-state index contributed by atoms with van der Waals surface area (Å²) in [6, 6.07) is 4.55. The highest BCUT2D eigenvalue weighted by atomic mass is 19.1. The zero-order chi connectivity index (χ0) is 15.4. The highest BCUT2D eigenvalue weighted by Crippen LogP contribution is 2.22. The third-order valence-corrected chi connectivity index (χ3v) is 3.71. The molecule has 0 radical (unpaired) electrons. The number of nitrogens with zero attached hydrogens (tertiary/aromatic N) is 2. The second kappa shape index (κ2) is 6.67. The SMILES string of the molecule is CC(=O)c1ccc(N2CCN(CCC(=O)O)CC2)c(F)c1. The summed E-state index contributed by atoms with van der Waals surface area (Å²) in [6.45, 7) is 4.65. The summed E-state index contributed by atoms with van der Waals surface area (Å²) in [4.78, 5) is 25.8. The van der Waals surface area contributed by atoms with Gasteiger partial charge in [-0.2, -0.15) is 0 Å². The monoisotopic (exact) mass is 294 g/mol. The fourth-order valence-corrected chi connectivity index (χ4v) is 2.45. The number of rotatable bonds is 5. The Balaban J connectivity index is 1.96. The number of halogens is 1. The van der Waals surface area contributed by atoms with Crippen LogP contribution in [0, 0.1) is 5.82 Å². The maximum Gasteiger partial charge on any atom is 0.304 e. The molecule has 1 fully saturated rings. The molecule has 0 spiro atoms. The Hall–Kier alpha value is -1.95. The van der Waals surface area contributed by atoms with E-state index >= 15 is 0 Å². The van der Waals surface area contributed by atoms with Crippen LogP contribution >= 0.6 is 0 Å². The highest BCUT2D eigenvalue weighted by Gasteiger charge is 2.20. The lowest BCUT2D eigenvalue weighted by Crippen LogP contribution is -2.47. The molecule has 1 heterocycles. The van der Waals surface area contributed by atoms with Gasteiger partial charge in [-0.1, -0.05) is 0 Å². The van der Waals surface area contributed by atoms with E-state index in [1.54, 1.807) is 12.1 Å². The van der Waals surface area contributed by atoms with Crippen molar-refractivity contribution >= 4 is 17.4 Å². The molecule has 114 valence electrons. The minimum Gasteiger partial charge on any atom is -0.481 e. The number of carbonyl (C=O) groups excluding carboxylic acids is 1. The summed E-state index contributed by atoms with van der Waals surface area (Å²) in [5.41, 5.74) is 0.870. The molecule has 1 aromatic rings. The number of piperazine rings is 1. The number of carboxylic acids is 1. The van der Waals surface area contributed by atoms with Crippen LogP contribution < -0.4 is 4.90 Å². The molecule has 1 aliphatic heterocycles. The summed E-state index contributed by atoms with van der Waals surface area (Å²) in [6.07, 6.45) is 0.127. The first-order valence-electron chi connectivity index (χ1n) is 6.97. The maximum atomic E-state index is 14.1. The number of benzene rings is 1. The Morgan fingerprint density at radius 1 is 1.24 bits per heavy atom. The first-order chi connectivity index (χ1) is 9.97. The minimum absolute atomic E-state index is 0.127. The van der Waals surface area contributed by atoms with E-state index in [1.807, 2.05) is 4.90 Å². The van der Waals surface area contributed by atoms with Crippen LogP contribution in [0.2, 0.25) is 0 Å². The van der Waals surface area contributed by atoms with Crippen molar-refractivity contribution in [2.75, 3.05) is 37.6 Å². The van der Waals surface area contributed by atoms with E-state index in [9.17, 15) is 14.0 Å². The molecule has 1 aliphatic rings. The Labute approximate surface area is 123 Å². The van der Waals surface area contributed by atoms with Crippen LogP contribution in [0.5, 0.6) is 0 Å². The Morgan fingerprint density at radius 2 is 1.90 bits per heavy atom. The largest absolute Gasteiger partial charge is 0.481 e. The zero-order valence-electron chi connectivity index (χ0n) is 12.0. The zero-order valence-corrected chi connectivity index (χ0v) is 12.0. The first-order valence-corrected chi connectivity index (χ1v) is 6.97. The molecule has 6 heteroatoms. The van der Waals surface area contributed by atoms with Crippen LogP contribution in [0.15, 0.2) is 18.2 Å². The highest BCUT2D eigenvalue weighted by molar-refractivity contribution is 5.94. The summed E-state index contributed by atoms with van der Waals surface area (Å²) in [7, 11) is 0. The number of hydrogen-bond acceptors (Lipinski definition) is 4. The standard InChI is InChI=1S/C15H19FN2O3/c1-11(19)12-2-3-14(13(16)10-12)18-8-6-17(7-9-18)5-4-15(20)21/h2-3,10H,4-9H2,1H3,(H,20,21). The number of carboxylic acid groups (broad SMARTS) is 1. The lowest BCUT2D eigenvalue weighted by Gasteiger charge is -2.36. The van der Waals surface area contributed by atoms with Gasteiger partial charge in [-0.3, -0.25) is 14.5 Å². The molecule has 0 atom stereocenters. The molecule has 1 saturated heterocycles. The minimum atomic E-state index is -0.803. The molecule has 0 saturated carbocycles. The average molecular weight is 294 g/mol. The van der Waals surface area contributed by atoms with Crippen molar-refractivity contribution in [3.8, 4) is 0 Å². The summed E-state index contributed by atoms with van der Waals surface area (Å²) in [5, 5.41) is 8.67. The van der Waals surface area contributed by atoms with E-state index in [4.69, 9.17) is 5.11 Å². The van der Waals surface area contributed by atoms with Crippen LogP contribution in [0.25, 0.3) is 0 Å². The van der Waals surface area contributed by atoms with Crippen molar-refractivity contribution in [1.29, 1.82) is 0 Å². The molecule has 0 amide bonds. The van der Waals surface area contributed by atoms with Crippen LogP contribution in [-0.4, -0.2) is 54.5 Å². The van der Waals surface area contributed by atoms with Crippen molar-refractivity contribution in [1.82, 2.24) is 4.90 Å². The number of anilines is 1. The summed E-state index contributed by atoms with van der Waals surface area (Å²) >= 11 is 0. The van der Waals surface area contributed by atoms with E-state index < -0.39 is 5.97 Å². The van der Waals surface area contributed by atoms with Gasteiger partial charge >= 0.3 is 5.97 Å². The topological polar surface area (TPSA) is 60.9 Å². The molecule has 1 N–H and O–H groups in total. The van der Waals surface area contributed by atoms with E-state index in [0.717, 1.165) is 0 Å². The lowest BCUT2D eigenvalue weighted by atomic mass is 10.1. The molecule has 0 aromatic heterocycles. The van der Waals surface area contributed by atoms with Gasteiger partial charge in [-0.15, -0.1) is 0 Å². The number of hydrogen-bond donors (Lipinski definition) is 1. The normalized spacial score (nSPS) is 16.0. The van der Waals surface area contributed by atoms with Crippen molar-refractivity contribution in [3.63, 3.8) is 0 Å². The van der Waals surface area contributed by atoms with Gasteiger partial charge in [0, 0.05) is 38.3 Å². The molecular weight excluding hydrogens is 275 g/mol. The molecular formula is C15H19FN2O3. The fourth-order valence-electron chi connectivity index (χ4n) is 2.45.